The van der Waals surface area contributed by atoms with E-state index in [1.54, 1.807) is 6.07 Å². The quantitative estimate of drug-likeness (QED) is 0.912. The minimum absolute atomic E-state index is 0.238. The molecule has 0 saturated carbocycles. The van der Waals surface area contributed by atoms with Gasteiger partial charge < -0.3 is 5.32 Å². The van der Waals surface area contributed by atoms with E-state index in [4.69, 9.17) is 16.9 Å². The average Bonchev–Trinajstić information content (AvgIpc) is 2.88. The van der Waals surface area contributed by atoms with Gasteiger partial charge in [0, 0.05) is 12.2 Å². The number of amides is 1. The monoisotopic (exact) mass is 327 g/mol. The first-order valence-corrected chi connectivity index (χ1v) is 8.53. The number of carbonyl (C=O) groups is 1. The third-order valence-electron chi connectivity index (χ3n) is 3.29. The molecule has 21 heavy (non-hydrogen) atoms. The van der Waals surface area contributed by atoms with Crippen LogP contribution in [0, 0.1) is 11.3 Å². The van der Waals surface area contributed by atoms with E-state index in [0.29, 0.717) is 30.6 Å². The fourth-order valence-electron chi connectivity index (χ4n) is 2.31. The lowest BCUT2D eigenvalue weighted by molar-refractivity contribution is -0.119. The Kier molecular flexibility index (Phi) is 4.52. The van der Waals surface area contributed by atoms with Crippen LogP contribution in [0.4, 0.5) is 5.69 Å². The Hall–Kier alpha value is -1.62. The van der Waals surface area contributed by atoms with E-state index < -0.39 is 22.0 Å². The largest absolute Gasteiger partial charge is 0.325 e. The fraction of sp³-hybridized carbons (Fsp3) is 0.385. The molecule has 1 saturated heterocycles. The van der Waals surface area contributed by atoms with Crippen LogP contribution in [0.25, 0.3) is 0 Å². The molecule has 2 rings (SSSR count). The van der Waals surface area contributed by atoms with E-state index >= 15 is 0 Å². The van der Waals surface area contributed by atoms with Gasteiger partial charge in [0.15, 0.2) is 0 Å². The molecule has 0 radical (unpaired) electrons. The van der Waals surface area contributed by atoms with Crippen molar-refractivity contribution in [2.75, 3.05) is 18.1 Å². The lowest BCUT2D eigenvalue weighted by Crippen LogP contribution is -2.42. The molecule has 0 spiro atoms. The smallest absolute Gasteiger partial charge is 0.242 e. The molecule has 6 nitrogen and oxygen atoms in total. The van der Waals surface area contributed by atoms with Crippen molar-refractivity contribution in [3.05, 3.63) is 28.8 Å². The molecule has 0 bridgehead atoms. The van der Waals surface area contributed by atoms with Gasteiger partial charge in [-0.05, 0) is 31.0 Å². The van der Waals surface area contributed by atoms with Gasteiger partial charge in [-0.25, -0.2) is 8.42 Å². The number of hydrogen-bond donors (Lipinski definition) is 1. The van der Waals surface area contributed by atoms with Gasteiger partial charge in [0.1, 0.15) is 12.1 Å². The number of benzene rings is 1. The highest BCUT2D eigenvalue weighted by atomic mass is 35.5. The van der Waals surface area contributed by atoms with Gasteiger partial charge in [0.25, 0.3) is 0 Å². The van der Waals surface area contributed by atoms with Gasteiger partial charge in [0.05, 0.1) is 16.8 Å². The van der Waals surface area contributed by atoms with Crippen LogP contribution in [0.5, 0.6) is 0 Å². The van der Waals surface area contributed by atoms with E-state index in [9.17, 15) is 13.2 Å². The number of sulfonamides is 1. The van der Waals surface area contributed by atoms with Crippen molar-refractivity contribution >= 4 is 33.2 Å². The first kappa shape index (κ1) is 15.8. The molecule has 1 aliphatic heterocycles. The zero-order valence-corrected chi connectivity index (χ0v) is 12.9. The summed E-state index contributed by atoms with van der Waals surface area (Å²) < 4.78 is 24.5. The third kappa shape index (κ3) is 3.53. The maximum Gasteiger partial charge on any atom is 0.242 e. The van der Waals surface area contributed by atoms with Crippen LogP contribution in [0.1, 0.15) is 18.4 Å². The van der Waals surface area contributed by atoms with Gasteiger partial charge in [-0.15, -0.1) is 0 Å². The maximum atomic E-state index is 12.2. The van der Waals surface area contributed by atoms with Crippen LogP contribution >= 0.6 is 11.6 Å². The van der Waals surface area contributed by atoms with Crippen molar-refractivity contribution < 1.29 is 13.2 Å². The Bertz CT molecular complexity index is 712. The summed E-state index contributed by atoms with van der Waals surface area (Å²) in [6, 6.07) is 5.75. The second-order valence-corrected chi connectivity index (χ2v) is 7.17. The summed E-state index contributed by atoms with van der Waals surface area (Å²) in [5.41, 5.74) is 0.748. The highest BCUT2D eigenvalue weighted by Crippen LogP contribution is 2.24. The van der Waals surface area contributed by atoms with Crippen molar-refractivity contribution in [2.45, 2.75) is 18.9 Å². The Morgan fingerprint density at radius 1 is 1.52 bits per heavy atom. The molecule has 1 N–H and O–H groups in total. The van der Waals surface area contributed by atoms with Gasteiger partial charge in [-0.1, -0.05) is 11.6 Å². The zero-order valence-electron chi connectivity index (χ0n) is 11.3. The summed E-state index contributed by atoms with van der Waals surface area (Å²) in [4.78, 5) is 12.2. The Labute approximate surface area is 128 Å². The Morgan fingerprint density at radius 3 is 2.81 bits per heavy atom. The molecular weight excluding hydrogens is 314 g/mol. The molecule has 0 aromatic heterocycles. The molecule has 1 fully saturated rings. The minimum Gasteiger partial charge on any atom is -0.325 e. The van der Waals surface area contributed by atoms with Crippen molar-refractivity contribution in [3.8, 4) is 6.07 Å². The summed E-state index contributed by atoms with van der Waals surface area (Å²) in [6.45, 7) is 0.352. The third-order valence-corrected chi connectivity index (χ3v) is 4.89. The second-order valence-electron chi connectivity index (χ2n) is 4.83. The zero-order chi connectivity index (χ0) is 15.6. The first-order valence-electron chi connectivity index (χ1n) is 6.30. The van der Waals surface area contributed by atoms with E-state index in [-0.39, 0.29) is 5.02 Å². The lowest BCUT2D eigenvalue weighted by atomic mass is 10.2. The number of carbonyl (C=O) groups excluding carboxylic acids is 1. The van der Waals surface area contributed by atoms with Gasteiger partial charge in [-0.2, -0.15) is 9.57 Å². The molecule has 1 amide bonds. The molecule has 1 unspecified atom stereocenters. The van der Waals surface area contributed by atoms with E-state index in [2.05, 4.69) is 5.32 Å². The van der Waals surface area contributed by atoms with Gasteiger partial charge in [0.2, 0.25) is 15.9 Å². The summed E-state index contributed by atoms with van der Waals surface area (Å²) in [6.07, 6.45) is 2.24. The summed E-state index contributed by atoms with van der Waals surface area (Å²) in [5.74, 6) is -0.390. The topological polar surface area (TPSA) is 90.3 Å². The summed E-state index contributed by atoms with van der Waals surface area (Å²) >= 11 is 5.89. The van der Waals surface area contributed by atoms with Gasteiger partial charge in [-0.3, -0.25) is 4.79 Å². The van der Waals surface area contributed by atoms with Crippen molar-refractivity contribution in [1.29, 1.82) is 5.26 Å². The van der Waals surface area contributed by atoms with E-state index in [1.165, 1.54) is 16.4 Å². The fourth-order valence-corrected chi connectivity index (χ4v) is 3.66. The lowest BCUT2D eigenvalue weighted by Gasteiger charge is -2.21. The summed E-state index contributed by atoms with van der Waals surface area (Å²) in [5, 5.41) is 11.7. The van der Waals surface area contributed by atoms with Crippen LogP contribution in [0.2, 0.25) is 5.02 Å². The molecule has 1 aromatic rings. The number of nitrogens with zero attached hydrogens (tertiary/aromatic N) is 2. The first-order chi connectivity index (χ1) is 9.82. The van der Waals surface area contributed by atoms with Crippen molar-refractivity contribution in [1.82, 2.24) is 4.31 Å². The molecular formula is C13H14ClN3O3S. The number of nitriles is 1. The Balaban J connectivity index is 2.15. The number of anilines is 1. The summed E-state index contributed by atoms with van der Waals surface area (Å²) in [7, 11) is -3.40. The molecule has 1 atom stereocenters. The number of halogens is 1. The van der Waals surface area contributed by atoms with Crippen LogP contribution in [0.15, 0.2) is 18.2 Å². The highest BCUT2D eigenvalue weighted by molar-refractivity contribution is 7.88. The minimum atomic E-state index is -3.40. The number of hydrogen-bond acceptors (Lipinski definition) is 4. The van der Waals surface area contributed by atoms with Crippen LogP contribution in [0.3, 0.4) is 0 Å². The highest BCUT2D eigenvalue weighted by Gasteiger charge is 2.36. The van der Waals surface area contributed by atoms with Crippen LogP contribution in [-0.2, 0) is 14.8 Å². The predicted molar refractivity (Wildman–Crippen MR) is 79.4 cm³/mol. The average molecular weight is 328 g/mol. The standard InChI is InChI=1S/C13H14ClN3O3S/c1-21(19,20)17-6-2-3-12(17)13(18)16-10-5-4-9(8-15)11(14)7-10/h4-5,7,12H,2-3,6H2,1H3,(H,16,18). The SMILES string of the molecule is CS(=O)(=O)N1CCCC1C(=O)Nc1ccc(C#N)c(Cl)c1. The maximum absolute atomic E-state index is 12.2. The molecule has 1 heterocycles. The Morgan fingerprint density at radius 2 is 2.24 bits per heavy atom. The van der Waals surface area contributed by atoms with Gasteiger partial charge >= 0.3 is 0 Å². The van der Waals surface area contributed by atoms with Crippen molar-refractivity contribution in [3.63, 3.8) is 0 Å². The molecule has 1 aliphatic rings. The number of nitrogens with one attached hydrogen (secondary N) is 1. The predicted octanol–water partition coefficient (Wildman–Crippen LogP) is 1.57. The van der Waals surface area contributed by atoms with Crippen molar-refractivity contribution in [2.24, 2.45) is 0 Å². The van der Waals surface area contributed by atoms with Crippen LogP contribution < -0.4 is 5.32 Å². The molecule has 0 aliphatic carbocycles. The number of rotatable bonds is 3. The van der Waals surface area contributed by atoms with E-state index in [1.807, 2.05) is 6.07 Å². The van der Waals surface area contributed by atoms with E-state index in [0.717, 1.165) is 6.26 Å². The second kappa shape index (κ2) is 6.02. The molecule has 1 aromatic carbocycles. The molecule has 112 valence electrons. The normalized spacial score (nSPS) is 19.2. The molecule has 8 heteroatoms. The van der Waals surface area contributed by atoms with Crippen LogP contribution in [-0.4, -0.2) is 37.5 Å².